The van der Waals surface area contributed by atoms with Crippen LogP contribution in [-0.4, -0.2) is 34.6 Å². The van der Waals surface area contributed by atoms with E-state index in [2.05, 4.69) is 10.1 Å². The Hall–Kier alpha value is -3.94. The monoisotopic (exact) mass is 461 g/mol. The molecule has 1 aliphatic heterocycles. The smallest absolute Gasteiger partial charge is 0.293 e. The zero-order valence-electron chi connectivity index (χ0n) is 18.7. The maximum absolute atomic E-state index is 14.1. The summed E-state index contributed by atoms with van der Waals surface area (Å²) in [5, 5.41) is 3.91. The van der Waals surface area contributed by atoms with Gasteiger partial charge in [0.25, 0.3) is 5.91 Å². The van der Waals surface area contributed by atoms with E-state index in [9.17, 15) is 9.18 Å². The second-order valence-corrected chi connectivity index (χ2v) is 8.22. The molecule has 1 saturated heterocycles. The van der Waals surface area contributed by atoms with Crippen LogP contribution in [0.3, 0.4) is 0 Å². The second-order valence-electron chi connectivity index (χ2n) is 8.22. The number of hydrogen-bond acceptors (Lipinski definition) is 6. The molecule has 0 aliphatic carbocycles. The van der Waals surface area contributed by atoms with E-state index in [0.717, 1.165) is 30.6 Å². The van der Waals surface area contributed by atoms with Crippen LogP contribution in [0.5, 0.6) is 5.75 Å². The molecule has 1 aliphatic rings. The molecule has 0 radical (unpaired) electrons. The van der Waals surface area contributed by atoms with Gasteiger partial charge in [0.15, 0.2) is 0 Å². The van der Waals surface area contributed by atoms with Gasteiger partial charge in [0, 0.05) is 30.2 Å². The first kappa shape index (κ1) is 21.9. The van der Waals surface area contributed by atoms with Crippen molar-refractivity contribution in [2.75, 3.05) is 13.7 Å². The molecule has 2 aromatic carbocycles. The van der Waals surface area contributed by atoms with Gasteiger partial charge in [-0.25, -0.2) is 9.37 Å². The number of carbonyl (C=O) groups excluding carboxylic acids is 1. The fourth-order valence-corrected chi connectivity index (χ4v) is 4.34. The van der Waals surface area contributed by atoms with Crippen molar-refractivity contribution in [2.45, 2.75) is 31.7 Å². The third-order valence-corrected chi connectivity index (χ3v) is 6.05. The lowest BCUT2D eigenvalue weighted by Crippen LogP contribution is -2.38. The van der Waals surface area contributed by atoms with Crippen LogP contribution < -0.4 is 4.74 Å². The highest BCUT2D eigenvalue weighted by Gasteiger charge is 2.34. The molecule has 0 spiro atoms. The lowest BCUT2D eigenvalue weighted by Gasteiger charge is -2.32. The Morgan fingerprint density at radius 1 is 1.18 bits per heavy atom. The molecule has 8 heteroatoms. The van der Waals surface area contributed by atoms with Gasteiger partial charge in [-0.15, -0.1) is 0 Å². The van der Waals surface area contributed by atoms with Crippen molar-refractivity contribution in [1.29, 1.82) is 0 Å². The van der Waals surface area contributed by atoms with E-state index in [1.165, 1.54) is 12.1 Å². The predicted octanol–water partition coefficient (Wildman–Crippen LogP) is 5.44. The molecular formula is C26H24FN3O4. The maximum Gasteiger partial charge on any atom is 0.293 e. The number of oxazole rings is 1. The highest BCUT2D eigenvalue weighted by atomic mass is 19.1. The zero-order valence-corrected chi connectivity index (χ0v) is 18.7. The van der Waals surface area contributed by atoms with Crippen molar-refractivity contribution >= 4 is 5.91 Å². The molecule has 7 nitrogen and oxygen atoms in total. The first-order valence-electron chi connectivity index (χ1n) is 11.2. The van der Waals surface area contributed by atoms with Crippen molar-refractivity contribution in [1.82, 2.24) is 15.0 Å². The molecule has 1 amide bonds. The van der Waals surface area contributed by atoms with Crippen LogP contribution in [0.1, 0.15) is 53.1 Å². The number of carbonyl (C=O) groups is 1. The Kier molecular flexibility index (Phi) is 6.12. The van der Waals surface area contributed by atoms with Crippen LogP contribution in [0.15, 0.2) is 69.7 Å². The van der Waals surface area contributed by atoms with Gasteiger partial charge in [-0.3, -0.25) is 4.79 Å². The molecule has 0 bridgehead atoms. The number of hydrogen-bond donors (Lipinski definition) is 0. The summed E-state index contributed by atoms with van der Waals surface area (Å²) < 4.78 is 30.9. The van der Waals surface area contributed by atoms with Crippen molar-refractivity contribution in [3.05, 3.63) is 89.6 Å². The molecule has 4 aromatic rings. The lowest BCUT2D eigenvalue weighted by atomic mass is 10.0. The molecule has 1 fully saturated rings. The van der Waals surface area contributed by atoms with E-state index in [-0.39, 0.29) is 29.0 Å². The summed E-state index contributed by atoms with van der Waals surface area (Å²) >= 11 is 0. The zero-order chi connectivity index (χ0) is 23.5. The van der Waals surface area contributed by atoms with Gasteiger partial charge in [0.1, 0.15) is 29.1 Å². The van der Waals surface area contributed by atoms with Gasteiger partial charge < -0.3 is 18.6 Å². The number of piperidine rings is 1. The third-order valence-electron chi connectivity index (χ3n) is 6.05. The quantitative estimate of drug-likeness (QED) is 0.381. The Labute approximate surface area is 196 Å². The van der Waals surface area contributed by atoms with Crippen LogP contribution in [0.4, 0.5) is 4.39 Å². The molecule has 34 heavy (non-hydrogen) atoms. The summed E-state index contributed by atoms with van der Waals surface area (Å²) in [5.74, 6) is 1.29. The molecule has 0 N–H and O–H groups in total. The first-order valence-corrected chi connectivity index (χ1v) is 11.2. The van der Waals surface area contributed by atoms with Crippen LogP contribution in [0, 0.1) is 5.82 Å². The minimum absolute atomic E-state index is 0.0611. The minimum atomic E-state index is -0.423. The highest BCUT2D eigenvalue weighted by molar-refractivity contribution is 5.92. The Morgan fingerprint density at radius 2 is 2.00 bits per heavy atom. The summed E-state index contributed by atoms with van der Waals surface area (Å²) in [6.45, 7) is 0.545. The van der Waals surface area contributed by atoms with Gasteiger partial charge in [0.05, 0.1) is 13.3 Å². The van der Waals surface area contributed by atoms with Crippen molar-refractivity contribution < 1.29 is 22.9 Å². The normalized spacial score (nSPS) is 15.9. The number of halogens is 1. The number of para-hydroxylation sites is 1. The van der Waals surface area contributed by atoms with E-state index >= 15 is 0 Å². The molecule has 174 valence electrons. The van der Waals surface area contributed by atoms with Crippen molar-refractivity contribution in [3.63, 3.8) is 0 Å². The van der Waals surface area contributed by atoms with E-state index < -0.39 is 5.82 Å². The summed E-state index contributed by atoms with van der Waals surface area (Å²) in [7, 11) is 1.64. The van der Waals surface area contributed by atoms with Crippen molar-refractivity contribution in [3.8, 4) is 17.0 Å². The van der Waals surface area contributed by atoms with Gasteiger partial charge in [-0.05, 0) is 37.5 Å². The Balaban J connectivity index is 1.36. The lowest BCUT2D eigenvalue weighted by molar-refractivity contribution is 0.0528. The molecule has 0 unspecified atom stereocenters. The van der Waals surface area contributed by atoms with E-state index in [4.69, 9.17) is 13.7 Å². The Morgan fingerprint density at radius 3 is 2.85 bits per heavy atom. The number of rotatable bonds is 6. The van der Waals surface area contributed by atoms with E-state index in [1.807, 2.05) is 24.3 Å². The largest absolute Gasteiger partial charge is 0.496 e. The number of amides is 1. The molecule has 1 atom stereocenters. The molecular weight excluding hydrogens is 437 g/mol. The number of ether oxygens (including phenoxy) is 1. The van der Waals surface area contributed by atoms with Gasteiger partial charge >= 0.3 is 0 Å². The van der Waals surface area contributed by atoms with Gasteiger partial charge in [-0.1, -0.05) is 35.5 Å². The number of methoxy groups -OCH3 is 1. The average Bonchev–Trinajstić information content (AvgIpc) is 3.54. The van der Waals surface area contributed by atoms with Crippen LogP contribution in [-0.2, 0) is 6.42 Å². The fraction of sp³-hybridized carbons (Fsp3) is 0.269. The molecule has 3 heterocycles. The summed E-state index contributed by atoms with van der Waals surface area (Å²) in [4.78, 5) is 19.5. The highest BCUT2D eigenvalue weighted by Crippen LogP contribution is 2.33. The number of likely N-dealkylation sites (tertiary alicyclic amines) is 1. The van der Waals surface area contributed by atoms with Crippen LogP contribution in [0.25, 0.3) is 11.3 Å². The molecule has 0 saturated carbocycles. The summed E-state index contributed by atoms with van der Waals surface area (Å²) in [6, 6.07) is 15.2. The fourth-order valence-electron chi connectivity index (χ4n) is 4.34. The van der Waals surface area contributed by atoms with E-state index in [0.29, 0.717) is 24.6 Å². The maximum atomic E-state index is 14.1. The average molecular weight is 461 g/mol. The summed E-state index contributed by atoms with van der Waals surface area (Å²) in [6.07, 6.45) is 4.78. The second kappa shape index (κ2) is 9.51. The molecule has 5 rings (SSSR count). The SMILES string of the molecule is COc1ccccc1Cc1cnc([C@@H]2CCCCN2C(=O)c2cc(-c3ccccc3F)no2)o1. The topological polar surface area (TPSA) is 81.6 Å². The van der Waals surface area contributed by atoms with E-state index in [1.54, 1.807) is 36.4 Å². The summed E-state index contributed by atoms with van der Waals surface area (Å²) in [5.41, 5.74) is 1.56. The van der Waals surface area contributed by atoms with Gasteiger partial charge in [0.2, 0.25) is 11.7 Å². The third kappa shape index (κ3) is 4.31. The minimum Gasteiger partial charge on any atom is -0.496 e. The first-order chi connectivity index (χ1) is 16.6. The predicted molar refractivity (Wildman–Crippen MR) is 122 cm³/mol. The van der Waals surface area contributed by atoms with Crippen LogP contribution in [0.2, 0.25) is 0 Å². The van der Waals surface area contributed by atoms with Gasteiger partial charge in [-0.2, -0.15) is 0 Å². The number of benzene rings is 2. The molecule has 2 aromatic heterocycles. The number of nitrogens with zero attached hydrogens (tertiary/aromatic N) is 3. The number of aromatic nitrogens is 2. The Bertz CT molecular complexity index is 1300. The van der Waals surface area contributed by atoms with Crippen molar-refractivity contribution in [2.24, 2.45) is 0 Å². The van der Waals surface area contributed by atoms with Crippen LogP contribution >= 0.6 is 0 Å². The standard InChI is InChI=1S/C26H24FN3O4/c1-32-23-12-5-2-8-17(23)14-18-16-28-25(33-18)22-11-6-7-13-30(22)26(31)24-15-21(29-34-24)19-9-3-4-10-20(19)27/h2-5,8-10,12,15-16,22H,6-7,11,13-14H2,1H3/t22-/m0/s1.